The molecule has 4 aliphatic rings. The Balaban J connectivity index is 1.66. The summed E-state index contributed by atoms with van der Waals surface area (Å²) in [4.78, 5) is 129. The maximum Gasteiger partial charge on any atom is 0.340 e. The average Bonchev–Trinajstić information content (AvgIpc) is 3.51. The SMILES string of the molecule is CC(=O)OC[C@@]12[C@H](OC(=O)c3ccccc3)[C@@H](OC(=O)c3ccc(=O)n(C)c3)[C@@H]3OC(=O)[C@@H](C)[C@H](C)c4ncccc4C(=O)OC[C@]4(C)O[C@@]1([C@H](OC(C)=O)[C@H]4[C@@H](OC(C)=O)[C@@H]2OC(C)=O)[C@@]3(C)O. The number of aromatic nitrogens is 2. The molecule has 2 aliphatic heterocycles. The highest BCUT2D eigenvalue weighted by Gasteiger charge is 2.92. The van der Waals surface area contributed by atoms with Crippen LogP contribution in [0, 0.1) is 17.3 Å². The van der Waals surface area contributed by atoms with Gasteiger partial charge in [0.25, 0.3) is 0 Å². The minimum absolute atomic E-state index is 0.0799. The van der Waals surface area contributed by atoms with Crippen LogP contribution in [0.4, 0.5) is 0 Å². The van der Waals surface area contributed by atoms with Crippen molar-refractivity contribution in [2.24, 2.45) is 24.3 Å². The second-order valence-corrected chi connectivity index (χ2v) is 18.2. The van der Waals surface area contributed by atoms with Gasteiger partial charge in [0.1, 0.15) is 42.0 Å². The largest absolute Gasteiger partial charge is 0.465 e. The van der Waals surface area contributed by atoms with E-state index in [1.54, 1.807) is 13.0 Å². The number of cyclic esters (lactones) is 1. The van der Waals surface area contributed by atoms with Crippen molar-refractivity contribution in [1.29, 1.82) is 0 Å². The van der Waals surface area contributed by atoms with Gasteiger partial charge in [-0.15, -0.1) is 0 Å². The van der Waals surface area contributed by atoms with Crippen LogP contribution in [-0.2, 0) is 73.7 Å². The maximum atomic E-state index is 14.9. The number of benzene rings is 1. The lowest BCUT2D eigenvalue weighted by Gasteiger charge is -2.67. The fraction of sp³-hybridized carbons (Fsp3) is 0.500. The molecule has 1 saturated heterocycles. The average molecular weight is 961 g/mol. The molecule has 7 rings (SSSR count). The maximum absolute atomic E-state index is 14.9. The fourth-order valence-corrected chi connectivity index (χ4v) is 10.5. The van der Waals surface area contributed by atoms with Crippen molar-refractivity contribution in [2.75, 3.05) is 13.2 Å². The number of carbonyl (C=O) groups excluding carboxylic acids is 8. The van der Waals surface area contributed by atoms with E-state index in [9.17, 15) is 48.3 Å². The molecule has 21 nitrogen and oxygen atoms in total. The summed E-state index contributed by atoms with van der Waals surface area (Å²) in [6, 6.07) is 12.3. The molecule has 69 heavy (non-hydrogen) atoms. The monoisotopic (exact) mass is 960 g/mol. The Hall–Kier alpha value is -7.00. The molecule has 0 amide bonds. The topological polar surface area (TPSA) is 275 Å². The first-order valence-electron chi connectivity index (χ1n) is 22.0. The van der Waals surface area contributed by atoms with E-state index < -0.39 is 143 Å². The van der Waals surface area contributed by atoms with Crippen LogP contribution in [0.3, 0.4) is 0 Å². The summed E-state index contributed by atoms with van der Waals surface area (Å²) in [6.45, 7) is 7.43. The Morgan fingerprint density at radius 3 is 1.99 bits per heavy atom. The predicted octanol–water partition coefficient (Wildman–Crippen LogP) is 2.32. The van der Waals surface area contributed by atoms with Crippen LogP contribution in [0.2, 0.25) is 0 Å². The minimum Gasteiger partial charge on any atom is -0.465 e. The Kier molecular flexibility index (Phi) is 13.4. The van der Waals surface area contributed by atoms with Gasteiger partial charge in [-0.3, -0.25) is 33.8 Å². The molecule has 368 valence electrons. The number of esters is 8. The van der Waals surface area contributed by atoms with E-state index in [0.717, 1.165) is 57.5 Å². The van der Waals surface area contributed by atoms with Gasteiger partial charge >= 0.3 is 47.8 Å². The molecular formula is C48H52N2O19. The third-order valence-electron chi connectivity index (χ3n) is 13.6. The third kappa shape index (κ3) is 8.40. The van der Waals surface area contributed by atoms with E-state index in [0.29, 0.717) is 0 Å². The molecule has 3 aromatic rings. The van der Waals surface area contributed by atoms with Gasteiger partial charge in [0, 0.05) is 59.1 Å². The van der Waals surface area contributed by atoms with Crippen molar-refractivity contribution < 1.29 is 86.1 Å². The molecule has 2 saturated carbocycles. The Morgan fingerprint density at radius 2 is 1.36 bits per heavy atom. The number of hydrogen-bond acceptors (Lipinski definition) is 20. The quantitative estimate of drug-likeness (QED) is 0.238. The highest BCUT2D eigenvalue weighted by atomic mass is 16.7. The zero-order chi connectivity index (χ0) is 50.5. The summed E-state index contributed by atoms with van der Waals surface area (Å²) in [5.41, 5.74) is -11.7. The van der Waals surface area contributed by atoms with Crippen molar-refractivity contribution >= 4 is 47.8 Å². The van der Waals surface area contributed by atoms with E-state index in [-0.39, 0.29) is 22.4 Å². The van der Waals surface area contributed by atoms with Gasteiger partial charge in [0.15, 0.2) is 30.0 Å². The molecule has 0 unspecified atom stereocenters. The van der Waals surface area contributed by atoms with Gasteiger partial charge in [0.2, 0.25) is 5.56 Å². The van der Waals surface area contributed by atoms with Crippen LogP contribution >= 0.6 is 0 Å². The van der Waals surface area contributed by atoms with Gasteiger partial charge in [-0.2, -0.15) is 0 Å². The Labute approximate surface area is 394 Å². The highest BCUT2D eigenvalue weighted by Crippen LogP contribution is 2.70. The molecule has 13 atom stereocenters. The summed E-state index contributed by atoms with van der Waals surface area (Å²) in [5.74, 6) is -12.5. The summed E-state index contributed by atoms with van der Waals surface area (Å²) >= 11 is 0. The number of aryl methyl sites for hydroxylation is 1. The van der Waals surface area contributed by atoms with E-state index in [1.807, 2.05) is 0 Å². The standard InChI is InChI=1S/C48H52N2O19/c1-23-24(2)41(56)67-38-36(66-43(58)30-17-18-32(55)50(9)20-30)40(68-42(57)29-14-11-10-12-15-29)47(22-61-25(3)51)39(65-28(6)54)35(63-26(4)52)33-37(64-27(5)53)48(47,46(38,8)60)69-45(33,7)21-62-44(59)31-16-13-19-49-34(23)31/h10-20,23-24,33,35-40,60H,21-22H2,1-9H3/t23-,24-,33+,35+,36-,37+,38-,39-,40+,45-,46-,47+,48-/m0/s1. The molecule has 2 aromatic heterocycles. The summed E-state index contributed by atoms with van der Waals surface area (Å²) < 4.78 is 57.5. The lowest BCUT2D eigenvalue weighted by atomic mass is 9.45. The van der Waals surface area contributed by atoms with Crippen LogP contribution in [0.25, 0.3) is 0 Å². The first-order valence-corrected chi connectivity index (χ1v) is 22.0. The lowest BCUT2D eigenvalue weighted by Crippen LogP contribution is -2.89. The van der Waals surface area contributed by atoms with E-state index in [4.69, 9.17) is 42.6 Å². The molecule has 1 spiro atoms. The molecule has 0 radical (unpaired) electrons. The summed E-state index contributed by atoms with van der Waals surface area (Å²) in [6.07, 6.45) is -10.4. The van der Waals surface area contributed by atoms with Gasteiger partial charge in [-0.05, 0) is 44.2 Å². The van der Waals surface area contributed by atoms with E-state index >= 15 is 0 Å². The molecule has 1 aromatic carbocycles. The molecule has 4 heterocycles. The fourth-order valence-electron chi connectivity index (χ4n) is 10.5. The van der Waals surface area contributed by atoms with Crippen LogP contribution in [-0.4, -0.2) is 129 Å². The molecule has 21 heteroatoms. The normalized spacial score (nSPS) is 33.5. The first kappa shape index (κ1) is 49.9. The molecule has 1 N–H and O–H groups in total. The number of nitrogens with zero attached hydrogens (tertiary/aromatic N) is 2. The third-order valence-corrected chi connectivity index (χ3v) is 13.6. The van der Waals surface area contributed by atoms with Gasteiger partial charge in [0.05, 0.1) is 34.2 Å². The summed E-state index contributed by atoms with van der Waals surface area (Å²) in [7, 11) is 1.35. The Morgan fingerprint density at radius 1 is 0.739 bits per heavy atom. The van der Waals surface area contributed by atoms with Crippen LogP contribution in [0.5, 0.6) is 0 Å². The molecule has 3 fully saturated rings. The molecule has 2 aliphatic carbocycles. The van der Waals surface area contributed by atoms with Crippen molar-refractivity contribution in [3.8, 4) is 0 Å². The van der Waals surface area contributed by atoms with E-state index in [1.165, 1.54) is 63.5 Å². The molecule has 4 bridgehead atoms. The predicted molar refractivity (Wildman–Crippen MR) is 231 cm³/mol. The van der Waals surface area contributed by atoms with Crippen molar-refractivity contribution in [3.05, 3.63) is 99.7 Å². The van der Waals surface area contributed by atoms with Crippen molar-refractivity contribution in [3.63, 3.8) is 0 Å². The first-order chi connectivity index (χ1) is 32.4. The highest BCUT2D eigenvalue weighted by molar-refractivity contribution is 5.92. The second kappa shape index (κ2) is 18.5. The number of ether oxygens (including phenoxy) is 9. The zero-order valence-corrected chi connectivity index (χ0v) is 39.2. The Bertz CT molecular complexity index is 2650. The number of fused-ring (bicyclic) bond motifs is 5. The van der Waals surface area contributed by atoms with Crippen molar-refractivity contribution in [1.82, 2.24) is 9.55 Å². The smallest absolute Gasteiger partial charge is 0.340 e. The number of carbonyl (C=O) groups is 8. The van der Waals surface area contributed by atoms with Gasteiger partial charge in [-0.25, -0.2) is 14.4 Å². The number of rotatable bonds is 9. The second-order valence-electron chi connectivity index (χ2n) is 18.2. The number of hydrogen-bond donors (Lipinski definition) is 1. The van der Waals surface area contributed by atoms with E-state index in [2.05, 4.69) is 4.98 Å². The number of pyridine rings is 2. The summed E-state index contributed by atoms with van der Waals surface area (Å²) in [5, 5.41) is 13.9. The van der Waals surface area contributed by atoms with Gasteiger partial charge < -0.3 is 52.3 Å². The zero-order valence-electron chi connectivity index (χ0n) is 39.2. The van der Waals surface area contributed by atoms with Crippen LogP contribution < -0.4 is 5.56 Å². The van der Waals surface area contributed by atoms with Gasteiger partial charge in [-0.1, -0.05) is 32.0 Å². The van der Waals surface area contributed by atoms with Crippen molar-refractivity contribution in [2.45, 2.75) is 115 Å². The number of aliphatic hydroxyl groups is 1. The lowest BCUT2D eigenvalue weighted by molar-refractivity contribution is -0.385. The molecular weight excluding hydrogens is 909 g/mol. The van der Waals surface area contributed by atoms with Crippen LogP contribution in [0.15, 0.2) is 71.8 Å². The minimum atomic E-state index is -2.98. The van der Waals surface area contributed by atoms with Crippen LogP contribution in [0.1, 0.15) is 98.1 Å².